The molecule has 1 aromatic carbocycles. The highest BCUT2D eigenvalue weighted by Gasteiger charge is 2.06. The lowest BCUT2D eigenvalue weighted by molar-refractivity contribution is -0.120. The summed E-state index contributed by atoms with van der Waals surface area (Å²) in [5, 5.41) is 5.87. The van der Waals surface area contributed by atoms with Gasteiger partial charge in [0.15, 0.2) is 0 Å². The number of amides is 1. The Morgan fingerprint density at radius 3 is 2.88 bits per heavy atom. The van der Waals surface area contributed by atoms with Crippen LogP contribution in [0.2, 0.25) is 5.02 Å². The third-order valence-corrected chi connectivity index (χ3v) is 2.53. The van der Waals surface area contributed by atoms with Gasteiger partial charge in [0, 0.05) is 37.1 Å². The average molecular weight is 245 g/mol. The molecule has 0 aliphatic carbocycles. The molecule has 0 atom stereocenters. The van der Waals surface area contributed by atoms with Gasteiger partial charge in [-0.05, 0) is 12.1 Å². The van der Waals surface area contributed by atoms with Gasteiger partial charge in [-0.1, -0.05) is 17.7 Å². The molecule has 0 spiro atoms. The minimum Gasteiger partial charge on any atom is -0.359 e. The van der Waals surface area contributed by atoms with Gasteiger partial charge in [-0.15, -0.1) is 0 Å². The normalized spacial score (nSPS) is 10.2. The fourth-order valence-corrected chi connectivity index (χ4v) is 1.47. The van der Waals surface area contributed by atoms with Crippen molar-refractivity contribution in [2.75, 3.05) is 13.6 Å². The largest absolute Gasteiger partial charge is 0.359 e. The lowest BCUT2D eigenvalue weighted by atomic mass is 10.2. The predicted octanol–water partition coefficient (Wildman–Crippen LogP) is 1.70. The molecule has 1 rings (SSSR count). The van der Waals surface area contributed by atoms with Gasteiger partial charge in [0.2, 0.25) is 5.91 Å². The second-order valence-electron chi connectivity index (χ2n) is 3.30. The van der Waals surface area contributed by atoms with Gasteiger partial charge in [0.25, 0.3) is 0 Å². The van der Waals surface area contributed by atoms with Crippen molar-refractivity contribution in [3.63, 3.8) is 0 Å². The number of hydrogen-bond acceptors (Lipinski definition) is 2. The Kier molecular flexibility index (Phi) is 5.22. The van der Waals surface area contributed by atoms with Crippen molar-refractivity contribution in [3.05, 3.63) is 34.6 Å². The van der Waals surface area contributed by atoms with Gasteiger partial charge in [-0.2, -0.15) is 0 Å². The first-order chi connectivity index (χ1) is 7.65. The fourth-order valence-electron chi connectivity index (χ4n) is 1.24. The number of hydrogen-bond donors (Lipinski definition) is 2. The maximum Gasteiger partial charge on any atom is 0.221 e. The van der Waals surface area contributed by atoms with Crippen LogP contribution in [0.3, 0.4) is 0 Å². The van der Waals surface area contributed by atoms with Gasteiger partial charge in [-0.25, -0.2) is 4.39 Å². The van der Waals surface area contributed by atoms with Crippen LogP contribution in [0, 0.1) is 5.82 Å². The van der Waals surface area contributed by atoms with Gasteiger partial charge >= 0.3 is 0 Å². The fraction of sp³-hybridized carbons (Fsp3) is 0.364. The predicted molar refractivity (Wildman–Crippen MR) is 61.8 cm³/mol. The highest BCUT2D eigenvalue weighted by atomic mass is 35.5. The van der Waals surface area contributed by atoms with E-state index in [-0.39, 0.29) is 11.7 Å². The van der Waals surface area contributed by atoms with E-state index in [1.54, 1.807) is 19.2 Å². The van der Waals surface area contributed by atoms with Crippen molar-refractivity contribution in [1.29, 1.82) is 0 Å². The minimum atomic E-state index is -0.333. The Labute approximate surface area is 99.0 Å². The highest BCUT2D eigenvalue weighted by molar-refractivity contribution is 6.31. The average Bonchev–Trinajstić information content (AvgIpc) is 2.27. The van der Waals surface area contributed by atoms with Crippen LogP contribution in [0.25, 0.3) is 0 Å². The zero-order chi connectivity index (χ0) is 12.0. The summed E-state index contributed by atoms with van der Waals surface area (Å²) in [6, 6.07) is 4.56. The number of rotatable bonds is 5. The molecule has 0 unspecified atom stereocenters. The van der Waals surface area contributed by atoms with Crippen molar-refractivity contribution in [3.8, 4) is 0 Å². The van der Waals surface area contributed by atoms with Crippen molar-refractivity contribution in [2.24, 2.45) is 0 Å². The molecule has 0 aromatic heterocycles. The maximum absolute atomic E-state index is 13.3. The van der Waals surface area contributed by atoms with Gasteiger partial charge in [0.1, 0.15) is 5.82 Å². The lowest BCUT2D eigenvalue weighted by Gasteiger charge is -2.07. The summed E-state index contributed by atoms with van der Waals surface area (Å²) in [6.07, 6.45) is 0.364. The van der Waals surface area contributed by atoms with Crippen molar-refractivity contribution >= 4 is 17.5 Å². The molecule has 1 aromatic rings. The van der Waals surface area contributed by atoms with E-state index < -0.39 is 0 Å². The van der Waals surface area contributed by atoms with Crippen LogP contribution in [0.1, 0.15) is 12.0 Å². The SMILES string of the molecule is CNC(=O)CCNCc1c(F)cccc1Cl. The molecule has 88 valence electrons. The molecule has 0 radical (unpaired) electrons. The van der Waals surface area contributed by atoms with Crippen molar-refractivity contribution in [1.82, 2.24) is 10.6 Å². The first kappa shape index (κ1) is 12.9. The molecule has 0 saturated heterocycles. The maximum atomic E-state index is 13.3. The van der Waals surface area contributed by atoms with Crippen molar-refractivity contribution < 1.29 is 9.18 Å². The first-order valence-electron chi connectivity index (χ1n) is 4.99. The second kappa shape index (κ2) is 6.45. The van der Waals surface area contributed by atoms with E-state index in [0.717, 1.165) is 0 Å². The van der Waals surface area contributed by atoms with E-state index in [1.165, 1.54) is 6.07 Å². The van der Waals surface area contributed by atoms with Crippen LogP contribution in [0.15, 0.2) is 18.2 Å². The molecule has 1 amide bonds. The standard InChI is InChI=1S/C11H14ClFN2O/c1-14-11(16)5-6-15-7-8-9(12)3-2-4-10(8)13/h2-4,15H,5-7H2,1H3,(H,14,16). The van der Waals surface area contributed by atoms with Crippen LogP contribution in [0.5, 0.6) is 0 Å². The molecular weight excluding hydrogens is 231 g/mol. The zero-order valence-electron chi connectivity index (χ0n) is 9.02. The molecule has 0 saturated carbocycles. The number of benzene rings is 1. The summed E-state index contributed by atoms with van der Waals surface area (Å²) in [4.78, 5) is 10.9. The summed E-state index contributed by atoms with van der Waals surface area (Å²) >= 11 is 5.84. The number of carbonyl (C=O) groups is 1. The van der Waals surface area contributed by atoms with E-state index in [0.29, 0.717) is 30.1 Å². The van der Waals surface area contributed by atoms with Crippen LogP contribution < -0.4 is 10.6 Å². The number of carbonyl (C=O) groups excluding carboxylic acids is 1. The monoisotopic (exact) mass is 244 g/mol. The number of nitrogens with one attached hydrogen (secondary N) is 2. The third-order valence-electron chi connectivity index (χ3n) is 2.17. The van der Waals surface area contributed by atoms with Crippen molar-refractivity contribution in [2.45, 2.75) is 13.0 Å². The Morgan fingerprint density at radius 1 is 1.50 bits per heavy atom. The molecule has 0 aliphatic rings. The van der Waals surface area contributed by atoms with Crippen LogP contribution in [-0.4, -0.2) is 19.5 Å². The molecule has 0 aliphatic heterocycles. The van der Waals surface area contributed by atoms with Crippen LogP contribution in [-0.2, 0) is 11.3 Å². The first-order valence-corrected chi connectivity index (χ1v) is 5.37. The van der Waals surface area contributed by atoms with Gasteiger partial charge < -0.3 is 10.6 Å². The highest BCUT2D eigenvalue weighted by Crippen LogP contribution is 2.18. The summed E-state index contributed by atoms with van der Waals surface area (Å²) in [6.45, 7) is 0.812. The molecule has 3 nitrogen and oxygen atoms in total. The zero-order valence-corrected chi connectivity index (χ0v) is 9.77. The molecule has 16 heavy (non-hydrogen) atoms. The molecule has 5 heteroatoms. The van der Waals surface area contributed by atoms with Crippen LogP contribution >= 0.6 is 11.6 Å². The van der Waals surface area contributed by atoms with E-state index in [2.05, 4.69) is 10.6 Å². The van der Waals surface area contributed by atoms with E-state index in [9.17, 15) is 9.18 Å². The molecule has 0 bridgehead atoms. The lowest BCUT2D eigenvalue weighted by Crippen LogP contribution is -2.24. The Bertz CT molecular complexity index is 351. The Morgan fingerprint density at radius 2 is 2.25 bits per heavy atom. The van der Waals surface area contributed by atoms with Gasteiger partial charge in [0.05, 0.1) is 0 Å². The third kappa shape index (κ3) is 3.79. The molecule has 0 heterocycles. The molecule has 2 N–H and O–H groups in total. The van der Waals surface area contributed by atoms with Gasteiger partial charge in [-0.3, -0.25) is 4.79 Å². The second-order valence-corrected chi connectivity index (χ2v) is 3.71. The van der Waals surface area contributed by atoms with E-state index in [1.807, 2.05) is 0 Å². The van der Waals surface area contributed by atoms with Crippen LogP contribution in [0.4, 0.5) is 4.39 Å². The summed E-state index contributed by atoms with van der Waals surface area (Å²) in [5.41, 5.74) is 0.432. The molecule has 0 fully saturated rings. The molecular formula is C11H14ClFN2O. The van der Waals surface area contributed by atoms with E-state index >= 15 is 0 Å². The Hall–Kier alpha value is -1.13. The van der Waals surface area contributed by atoms with E-state index in [4.69, 9.17) is 11.6 Å². The summed E-state index contributed by atoms with van der Waals surface area (Å²) in [5.74, 6) is -0.382. The quantitative estimate of drug-likeness (QED) is 0.775. The summed E-state index contributed by atoms with van der Waals surface area (Å²) in [7, 11) is 1.58. The smallest absolute Gasteiger partial charge is 0.221 e. The number of halogens is 2. The minimum absolute atomic E-state index is 0.0490. The topological polar surface area (TPSA) is 41.1 Å². The Balaban J connectivity index is 2.40. The summed E-state index contributed by atoms with van der Waals surface area (Å²) < 4.78 is 13.3.